The Morgan fingerprint density at radius 3 is 1.32 bits per heavy atom. The van der Waals surface area contributed by atoms with Crippen molar-refractivity contribution >= 4 is 78.2 Å². The highest BCUT2D eigenvalue weighted by atomic mass is 32.1. The van der Waals surface area contributed by atoms with Gasteiger partial charge in [0, 0.05) is 45.3 Å². The van der Waals surface area contributed by atoms with Crippen LogP contribution in [0, 0.1) is 57.2 Å². The van der Waals surface area contributed by atoms with Crippen LogP contribution in [0.25, 0.3) is 22.3 Å². The highest BCUT2D eigenvalue weighted by Crippen LogP contribution is 2.59. The number of nitriles is 4. The third kappa shape index (κ3) is 5.82. The molecule has 0 radical (unpaired) electrons. The van der Waals surface area contributed by atoms with Crippen LogP contribution in [0.5, 0.6) is 0 Å². The van der Waals surface area contributed by atoms with Crippen molar-refractivity contribution in [2.75, 3.05) is 0 Å². The topological polar surface area (TPSA) is 198 Å². The molecule has 0 saturated heterocycles. The minimum absolute atomic E-state index is 0.0381. The summed E-state index contributed by atoms with van der Waals surface area (Å²) in [5.41, 5.74) is 4.05. The maximum Gasteiger partial charge on any atom is 0.212 e. The van der Waals surface area contributed by atoms with Gasteiger partial charge < -0.3 is 9.47 Å². The maximum atomic E-state index is 13.8. The van der Waals surface area contributed by atoms with Crippen molar-refractivity contribution in [2.45, 2.75) is 75.4 Å². The summed E-state index contributed by atoms with van der Waals surface area (Å²) in [6.07, 6.45) is 17.9. The number of allylic oxidation sites excluding steroid dienone is 10. The lowest BCUT2D eigenvalue weighted by atomic mass is 9.73. The number of Topliss-reactive ketones (excluding diaryl/α,β-unsaturated/α-hetero) is 2. The molecule has 2 atom stereocenters. The van der Waals surface area contributed by atoms with E-state index in [1.54, 1.807) is 48.5 Å². The predicted molar refractivity (Wildman–Crippen MR) is 247 cm³/mol. The zero-order chi connectivity index (χ0) is 44.9. The minimum atomic E-state index is -0.686. The summed E-state index contributed by atoms with van der Waals surface area (Å²) in [7, 11) is 0. The van der Waals surface area contributed by atoms with Crippen LogP contribution >= 0.6 is 22.7 Å². The second-order valence-corrected chi connectivity index (χ2v) is 19.6. The molecule has 12 rings (SSSR count). The molecule has 2 saturated carbocycles. The average molecular weight is 899 g/mol. The van der Waals surface area contributed by atoms with Gasteiger partial charge in [-0.3, -0.25) is 9.59 Å². The molecule has 4 aromatic rings. The monoisotopic (exact) mass is 898 g/mol. The third-order valence-corrected chi connectivity index (χ3v) is 16.0. The smallest absolute Gasteiger partial charge is 0.212 e. The number of fused-ring (bicyclic) bond motifs is 11. The second kappa shape index (κ2) is 15.0. The van der Waals surface area contributed by atoms with E-state index in [2.05, 4.69) is 24.3 Å². The van der Waals surface area contributed by atoms with Crippen molar-refractivity contribution in [3.05, 3.63) is 139 Å². The van der Waals surface area contributed by atoms with Gasteiger partial charge in [0.2, 0.25) is 21.8 Å². The number of nitrogens with zero attached hydrogens (tertiary/aromatic N) is 8. The molecule has 8 aliphatic rings. The van der Waals surface area contributed by atoms with E-state index in [0.29, 0.717) is 32.5 Å². The number of hydrogen-bond donors (Lipinski definition) is 0. The van der Waals surface area contributed by atoms with Crippen molar-refractivity contribution in [2.24, 2.45) is 21.8 Å². The number of carbonyl (C=O) groups excluding carboxylic acids is 2. The Morgan fingerprint density at radius 1 is 0.561 bits per heavy atom. The lowest BCUT2D eigenvalue weighted by Gasteiger charge is -2.45. The van der Waals surface area contributed by atoms with Crippen LogP contribution in [-0.2, 0) is 20.7 Å². The van der Waals surface area contributed by atoms with E-state index < -0.39 is 11.2 Å². The largest absolute Gasteiger partial charge is 0.481 e. The van der Waals surface area contributed by atoms with E-state index in [1.165, 1.54) is 22.7 Å². The molecule has 2 aliphatic heterocycles. The van der Waals surface area contributed by atoms with E-state index in [-0.39, 0.29) is 57.1 Å². The molecule has 12 nitrogen and oxygen atoms in total. The third-order valence-electron chi connectivity index (χ3n) is 14.0. The van der Waals surface area contributed by atoms with Crippen molar-refractivity contribution < 1.29 is 19.1 Å². The van der Waals surface area contributed by atoms with Gasteiger partial charge in [-0.1, -0.05) is 96.2 Å². The SMILES string of the molecule is N#CC(C#N)=C1/C(=N/c2nc3c(s2)C2=CC4C=C5OC6(CCCCC6)c6nc(/N=C7\C(=O)c8ccccc8C7=C(C#N)C#N)sc6C5=CC4C=C2OC32CCCCC2)C(=O)c2ccccc21. The van der Waals surface area contributed by atoms with E-state index in [9.17, 15) is 30.6 Å². The number of hydrogen-bond acceptors (Lipinski definition) is 14. The molecular weight excluding hydrogens is 865 g/mol. The number of benzene rings is 2. The van der Waals surface area contributed by atoms with Gasteiger partial charge in [-0.2, -0.15) is 21.0 Å². The molecule has 318 valence electrons. The van der Waals surface area contributed by atoms with Crippen LogP contribution in [0.4, 0.5) is 10.3 Å². The molecule has 0 bridgehead atoms. The standard InChI is InChI=1S/C52H34N8O4S2/c53-23-29(24-54)39-31-11-3-5-13-33(31)43(61)41(39)57-49-59-47-45(65-49)35-19-28-22-38-36(20-27(28)21-37(35)63-51(47)15-7-1-8-16-51)46-48(52(64-38)17-9-2-10-18-52)60-50(66-46)58-42-40(30(25-55)26-56)32-12-4-6-14-34(32)44(42)62/h3-6,11-14,19-22,27-28H,1-2,7-10,15-18H2/b57-41-,58-42-. The Labute approximate surface area is 386 Å². The highest BCUT2D eigenvalue weighted by molar-refractivity contribution is 7.17. The second-order valence-electron chi connectivity index (χ2n) is 17.7. The summed E-state index contributed by atoms with van der Waals surface area (Å²) >= 11 is 2.79. The molecule has 6 aliphatic carbocycles. The number of ether oxygens (including phenoxy) is 2. The number of thiazole rings is 2. The van der Waals surface area contributed by atoms with Gasteiger partial charge in [-0.25, -0.2) is 20.0 Å². The van der Waals surface area contributed by atoms with Crippen molar-refractivity contribution in [3.8, 4) is 24.3 Å². The van der Waals surface area contributed by atoms with Gasteiger partial charge in [0.25, 0.3) is 0 Å². The molecule has 2 spiro atoms. The summed E-state index contributed by atoms with van der Waals surface area (Å²) in [5, 5.41) is 40.5. The van der Waals surface area contributed by atoms with E-state index in [1.807, 2.05) is 24.3 Å². The van der Waals surface area contributed by atoms with Crippen LogP contribution in [-0.4, -0.2) is 33.0 Å². The average Bonchev–Trinajstić information content (AvgIpc) is 4.11. The normalized spacial score (nSPS) is 23.4. The van der Waals surface area contributed by atoms with Gasteiger partial charge in [0.1, 0.15) is 69.8 Å². The predicted octanol–water partition coefficient (Wildman–Crippen LogP) is 11.0. The zero-order valence-corrected chi connectivity index (χ0v) is 36.8. The number of aliphatic imine (C=N–C) groups is 2. The molecule has 2 aromatic carbocycles. The fourth-order valence-corrected chi connectivity index (χ4v) is 13.2. The highest BCUT2D eigenvalue weighted by Gasteiger charge is 2.50. The van der Waals surface area contributed by atoms with Crippen LogP contribution in [0.2, 0.25) is 0 Å². The van der Waals surface area contributed by atoms with Crippen molar-refractivity contribution in [3.63, 3.8) is 0 Å². The van der Waals surface area contributed by atoms with E-state index in [4.69, 9.17) is 29.4 Å². The summed E-state index contributed by atoms with van der Waals surface area (Å²) < 4.78 is 14.3. The summed E-state index contributed by atoms with van der Waals surface area (Å²) in [6, 6.07) is 21.8. The Balaban J connectivity index is 0.961. The molecule has 2 unspecified atom stereocenters. The van der Waals surface area contributed by atoms with Gasteiger partial charge in [0.05, 0.1) is 9.75 Å². The first kappa shape index (κ1) is 39.9. The van der Waals surface area contributed by atoms with Crippen LogP contribution < -0.4 is 0 Å². The minimum Gasteiger partial charge on any atom is -0.481 e. The maximum absolute atomic E-state index is 13.8. The first-order valence-electron chi connectivity index (χ1n) is 22.1. The van der Waals surface area contributed by atoms with Crippen molar-refractivity contribution in [1.29, 1.82) is 21.0 Å². The number of carbonyl (C=O) groups is 2. The molecular formula is C52H34N8O4S2. The fraction of sp³-hybridized carbons (Fsp3) is 0.269. The zero-order valence-electron chi connectivity index (χ0n) is 35.2. The van der Waals surface area contributed by atoms with Crippen LogP contribution in [0.3, 0.4) is 0 Å². The Kier molecular flexibility index (Phi) is 9.06. The molecule has 14 heteroatoms. The lowest BCUT2D eigenvalue weighted by Crippen LogP contribution is -2.38. The summed E-state index contributed by atoms with van der Waals surface area (Å²) in [4.78, 5) is 49.5. The first-order chi connectivity index (χ1) is 32.3. The van der Waals surface area contributed by atoms with Gasteiger partial charge in [-0.15, -0.1) is 0 Å². The number of rotatable bonds is 2. The molecule has 2 aromatic heterocycles. The first-order valence-corrected chi connectivity index (χ1v) is 23.7. The molecule has 66 heavy (non-hydrogen) atoms. The quantitative estimate of drug-likeness (QED) is 0.174. The van der Waals surface area contributed by atoms with Crippen LogP contribution in [0.15, 0.2) is 105 Å². The molecule has 2 fully saturated rings. The van der Waals surface area contributed by atoms with Crippen LogP contribution in [0.1, 0.15) is 117 Å². The van der Waals surface area contributed by atoms with E-state index >= 15 is 0 Å². The Morgan fingerprint density at radius 2 is 0.939 bits per heavy atom. The molecule has 4 heterocycles. The number of ketones is 2. The van der Waals surface area contributed by atoms with Gasteiger partial charge in [0.15, 0.2) is 11.2 Å². The fourth-order valence-electron chi connectivity index (χ4n) is 11.0. The Bertz CT molecular complexity index is 3130. The lowest BCUT2D eigenvalue weighted by molar-refractivity contribution is -0.0373. The number of aromatic nitrogens is 2. The summed E-state index contributed by atoms with van der Waals surface area (Å²) in [6.45, 7) is 0. The Hall–Kier alpha value is -7.62. The summed E-state index contributed by atoms with van der Waals surface area (Å²) in [5.74, 6) is 0.636. The van der Waals surface area contributed by atoms with Gasteiger partial charge in [-0.05, 0) is 74.6 Å². The molecule has 0 amide bonds. The van der Waals surface area contributed by atoms with Crippen molar-refractivity contribution in [1.82, 2.24) is 9.97 Å². The van der Waals surface area contributed by atoms with E-state index in [0.717, 1.165) is 108 Å². The molecule has 0 N–H and O–H groups in total. The van der Waals surface area contributed by atoms with Gasteiger partial charge >= 0.3 is 0 Å².